The van der Waals surface area contributed by atoms with Crippen LogP contribution in [0.5, 0.6) is 0 Å². The first-order valence-electron chi connectivity index (χ1n) is 19.0. The Morgan fingerprint density at radius 3 is 1.58 bits per heavy atom. The van der Waals surface area contributed by atoms with E-state index in [4.69, 9.17) is 23.8 Å². The molecular weight excluding hydrogens is 701 g/mol. The van der Waals surface area contributed by atoms with Crippen LogP contribution < -0.4 is 0 Å². The first-order chi connectivity index (χ1) is 28.3. The minimum Gasteiger partial charge on any atom is -0.456 e. The Labute approximate surface area is 325 Å². The van der Waals surface area contributed by atoms with Crippen LogP contribution in [0.4, 0.5) is 0 Å². The second-order valence-electron chi connectivity index (χ2n) is 14.3. The summed E-state index contributed by atoms with van der Waals surface area (Å²) in [7, 11) is 0. The lowest BCUT2D eigenvalue weighted by Crippen LogP contribution is -2.04. The average molecular weight is 731 g/mol. The molecule has 0 unspecified atom stereocenters. The summed E-state index contributed by atoms with van der Waals surface area (Å²) in [5, 5.41) is 6.35. The summed E-state index contributed by atoms with van der Waals surface area (Å²) in [5.74, 6) is 1.72. The highest BCUT2D eigenvalue weighted by Crippen LogP contribution is 2.47. The Morgan fingerprint density at radius 1 is 0.351 bits per heavy atom. The SMILES string of the molecule is c1ccc(-c2nc(-c3ccccc3)nc(-c3c(-n4c5ccccc5c5ccccc54)ccc4oc5cccc(-c6cccc7c6oc6ccccc67)c5c34)n2)cc1. The molecule has 0 aliphatic heterocycles. The number of hydrogen-bond donors (Lipinski definition) is 0. The van der Waals surface area contributed by atoms with Crippen molar-refractivity contribution in [3.63, 3.8) is 0 Å². The normalized spacial score (nSPS) is 11.9. The van der Waals surface area contributed by atoms with Gasteiger partial charge in [-0.25, -0.2) is 15.0 Å². The summed E-state index contributed by atoms with van der Waals surface area (Å²) >= 11 is 0. The van der Waals surface area contributed by atoms with Crippen LogP contribution in [-0.4, -0.2) is 19.5 Å². The zero-order valence-electron chi connectivity index (χ0n) is 30.4. The standard InChI is InChI=1S/C51H30N4O2/c1-3-15-31(16-4-1)49-52-50(32-17-5-2-6-18-32)54-51(53-49)46-41(55-39-25-10-7-19-33(39)34-20-8-11-26-40(34)55)29-30-44-47(46)45-36(22-14-28-43(45)56-44)38-24-13-23-37-35-21-9-12-27-42(35)57-48(37)38/h1-30H. The Kier molecular flexibility index (Phi) is 6.83. The fourth-order valence-electron chi connectivity index (χ4n) is 8.60. The number of rotatable bonds is 5. The van der Waals surface area contributed by atoms with Crippen LogP contribution >= 0.6 is 0 Å². The third kappa shape index (κ3) is 4.81. The molecule has 4 aromatic heterocycles. The van der Waals surface area contributed by atoms with Crippen LogP contribution in [0.3, 0.4) is 0 Å². The number of furan rings is 2. The van der Waals surface area contributed by atoms with E-state index in [-0.39, 0.29) is 0 Å². The van der Waals surface area contributed by atoms with Gasteiger partial charge in [0, 0.05) is 49.0 Å². The zero-order chi connectivity index (χ0) is 37.5. The molecular formula is C51H30N4O2. The lowest BCUT2D eigenvalue weighted by Gasteiger charge is -2.16. The molecule has 4 heterocycles. The van der Waals surface area contributed by atoms with E-state index in [2.05, 4.69) is 108 Å². The van der Waals surface area contributed by atoms with E-state index in [9.17, 15) is 0 Å². The lowest BCUT2D eigenvalue weighted by molar-refractivity contribution is 0.668. The number of aromatic nitrogens is 4. The predicted molar refractivity (Wildman–Crippen MR) is 230 cm³/mol. The van der Waals surface area contributed by atoms with E-state index in [1.165, 1.54) is 10.8 Å². The van der Waals surface area contributed by atoms with E-state index in [1.54, 1.807) is 0 Å². The number of para-hydroxylation sites is 4. The molecule has 0 fully saturated rings. The Morgan fingerprint density at radius 2 is 0.877 bits per heavy atom. The van der Waals surface area contributed by atoms with Gasteiger partial charge in [0.2, 0.25) is 0 Å². The maximum Gasteiger partial charge on any atom is 0.166 e. The van der Waals surface area contributed by atoms with E-state index in [0.29, 0.717) is 17.5 Å². The third-order valence-electron chi connectivity index (χ3n) is 11.1. The molecule has 0 bridgehead atoms. The smallest absolute Gasteiger partial charge is 0.166 e. The van der Waals surface area contributed by atoms with Gasteiger partial charge < -0.3 is 13.4 Å². The van der Waals surface area contributed by atoms with Crippen LogP contribution in [0.2, 0.25) is 0 Å². The lowest BCUT2D eigenvalue weighted by atomic mass is 9.95. The van der Waals surface area contributed by atoms with Crippen molar-refractivity contribution in [1.29, 1.82) is 0 Å². The fraction of sp³-hybridized carbons (Fsp3) is 0. The molecule has 12 aromatic rings. The molecule has 57 heavy (non-hydrogen) atoms. The summed E-state index contributed by atoms with van der Waals surface area (Å²) < 4.78 is 15.8. The first kappa shape index (κ1) is 31.5. The highest BCUT2D eigenvalue weighted by atomic mass is 16.3. The molecule has 266 valence electrons. The molecule has 0 amide bonds. The summed E-state index contributed by atoms with van der Waals surface area (Å²) in [6.45, 7) is 0. The molecule has 0 atom stereocenters. The monoisotopic (exact) mass is 730 g/mol. The van der Waals surface area contributed by atoms with E-state index >= 15 is 0 Å². The van der Waals surface area contributed by atoms with Crippen LogP contribution in [-0.2, 0) is 0 Å². The summed E-state index contributed by atoms with van der Waals surface area (Å²) in [5.41, 5.74) is 10.9. The van der Waals surface area contributed by atoms with Crippen LogP contribution in [0, 0.1) is 0 Å². The van der Waals surface area contributed by atoms with Gasteiger partial charge >= 0.3 is 0 Å². The van der Waals surface area contributed by atoms with Gasteiger partial charge in [0.05, 0.1) is 22.3 Å². The van der Waals surface area contributed by atoms with Gasteiger partial charge in [-0.1, -0.05) is 146 Å². The quantitative estimate of drug-likeness (QED) is 0.176. The highest BCUT2D eigenvalue weighted by Gasteiger charge is 2.26. The minimum atomic E-state index is 0.546. The average Bonchev–Trinajstić information content (AvgIpc) is 3.96. The Hall–Kier alpha value is -7.83. The van der Waals surface area contributed by atoms with Crippen LogP contribution in [0.25, 0.3) is 117 Å². The summed E-state index contributed by atoms with van der Waals surface area (Å²) in [6, 6.07) is 62.4. The van der Waals surface area contributed by atoms with Crippen molar-refractivity contribution >= 4 is 65.7 Å². The molecule has 6 nitrogen and oxygen atoms in total. The van der Waals surface area contributed by atoms with Crippen molar-refractivity contribution in [2.45, 2.75) is 0 Å². The van der Waals surface area contributed by atoms with Gasteiger partial charge in [0.1, 0.15) is 22.3 Å². The Balaban J connectivity index is 1.26. The van der Waals surface area contributed by atoms with Crippen LogP contribution in [0.15, 0.2) is 191 Å². The van der Waals surface area contributed by atoms with Gasteiger partial charge in [-0.15, -0.1) is 0 Å². The number of hydrogen-bond acceptors (Lipinski definition) is 5. The van der Waals surface area contributed by atoms with E-state index in [0.717, 1.165) is 88.4 Å². The molecule has 12 rings (SSSR count). The number of fused-ring (bicyclic) bond motifs is 9. The van der Waals surface area contributed by atoms with Gasteiger partial charge in [-0.05, 0) is 42.0 Å². The van der Waals surface area contributed by atoms with Gasteiger partial charge in [-0.2, -0.15) is 0 Å². The maximum atomic E-state index is 6.81. The molecule has 6 heteroatoms. The zero-order valence-corrected chi connectivity index (χ0v) is 30.4. The molecule has 0 saturated carbocycles. The number of benzene rings is 8. The second kappa shape index (κ2) is 12.3. The molecule has 8 aromatic carbocycles. The first-order valence-corrected chi connectivity index (χ1v) is 19.0. The Bertz CT molecular complexity index is 3410. The van der Waals surface area contributed by atoms with Crippen molar-refractivity contribution in [2.75, 3.05) is 0 Å². The molecule has 0 N–H and O–H groups in total. The van der Waals surface area contributed by atoms with Gasteiger partial charge in [0.15, 0.2) is 17.5 Å². The fourth-order valence-corrected chi connectivity index (χ4v) is 8.60. The number of nitrogens with zero attached hydrogens (tertiary/aromatic N) is 4. The van der Waals surface area contributed by atoms with Crippen molar-refractivity contribution in [1.82, 2.24) is 19.5 Å². The largest absolute Gasteiger partial charge is 0.456 e. The molecule has 0 aliphatic carbocycles. The second-order valence-corrected chi connectivity index (χ2v) is 14.3. The van der Waals surface area contributed by atoms with Crippen molar-refractivity contribution in [3.05, 3.63) is 182 Å². The topological polar surface area (TPSA) is 69.9 Å². The van der Waals surface area contributed by atoms with E-state index in [1.807, 2.05) is 78.9 Å². The van der Waals surface area contributed by atoms with Gasteiger partial charge in [0.25, 0.3) is 0 Å². The van der Waals surface area contributed by atoms with Crippen molar-refractivity contribution < 1.29 is 8.83 Å². The molecule has 0 spiro atoms. The van der Waals surface area contributed by atoms with Gasteiger partial charge in [-0.3, -0.25) is 0 Å². The van der Waals surface area contributed by atoms with E-state index < -0.39 is 0 Å². The third-order valence-corrected chi connectivity index (χ3v) is 11.1. The van der Waals surface area contributed by atoms with Crippen molar-refractivity contribution in [3.8, 4) is 51.0 Å². The summed E-state index contributed by atoms with van der Waals surface area (Å²) in [4.78, 5) is 15.8. The van der Waals surface area contributed by atoms with Crippen LogP contribution in [0.1, 0.15) is 0 Å². The summed E-state index contributed by atoms with van der Waals surface area (Å²) in [6.07, 6.45) is 0. The predicted octanol–water partition coefficient (Wildman–Crippen LogP) is 13.4. The molecule has 0 saturated heterocycles. The highest BCUT2D eigenvalue weighted by molar-refractivity contribution is 6.22. The molecule has 0 aliphatic rings. The minimum absolute atomic E-state index is 0.546. The maximum absolute atomic E-state index is 6.81. The van der Waals surface area contributed by atoms with Crippen molar-refractivity contribution in [2.24, 2.45) is 0 Å². The molecule has 0 radical (unpaired) electrons.